The summed E-state index contributed by atoms with van der Waals surface area (Å²) in [5.41, 5.74) is 0.754. The molecule has 8 nitrogen and oxygen atoms in total. The summed E-state index contributed by atoms with van der Waals surface area (Å²) in [6.07, 6.45) is 3.69. The van der Waals surface area contributed by atoms with Crippen molar-refractivity contribution < 1.29 is 21.6 Å². The quantitative estimate of drug-likeness (QED) is 0.376. The van der Waals surface area contributed by atoms with Crippen LogP contribution in [0, 0.1) is 0 Å². The molecular formula is C24H24ClN3O5S3. The predicted octanol–water partition coefficient (Wildman–Crippen LogP) is 4.90. The maximum absolute atomic E-state index is 13.1. The van der Waals surface area contributed by atoms with Gasteiger partial charge in [0.1, 0.15) is 0 Å². The van der Waals surface area contributed by atoms with Gasteiger partial charge in [-0.15, -0.1) is 11.8 Å². The molecule has 3 aromatic carbocycles. The molecule has 1 aliphatic heterocycles. The molecule has 4 rings (SSSR count). The second-order valence-electron chi connectivity index (χ2n) is 8.08. The molecule has 0 atom stereocenters. The van der Waals surface area contributed by atoms with Gasteiger partial charge in [-0.1, -0.05) is 23.7 Å². The fourth-order valence-corrected chi connectivity index (χ4v) is 6.75. The highest BCUT2D eigenvalue weighted by Gasteiger charge is 2.25. The fourth-order valence-electron chi connectivity index (χ4n) is 3.78. The van der Waals surface area contributed by atoms with E-state index in [1.807, 2.05) is 6.26 Å². The Morgan fingerprint density at radius 3 is 2.11 bits per heavy atom. The maximum atomic E-state index is 13.1. The molecule has 2 N–H and O–H groups in total. The van der Waals surface area contributed by atoms with Crippen molar-refractivity contribution in [1.29, 1.82) is 0 Å². The number of hydrogen-bond donors (Lipinski definition) is 2. The Bertz CT molecular complexity index is 1490. The summed E-state index contributed by atoms with van der Waals surface area (Å²) >= 11 is 7.41. The molecule has 0 radical (unpaired) electrons. The summed E-state index contributed by atoms with van der Waals surface area (Å²) in [5.74, 6) is -0.186. The van der Waals surface area contributed by atoms with E-state index >= 15 is 0 Å². The van der Waals surface area contributed by atoms with Gasteiger partial charge < -0.3 is 4.90 Å². The highest BCUT2D eigenvalue weighted by molar-refractivity contribution is 7.98. The zero-order chi connectivity index (χ0) is 25.9. The third-order valence-corrected chi connectivity index (χ3v) is 9.53. The Balaban J connectivity index is 1.54. The van der Waals surface area contributed by atoms with Crippen molar-refractivity contribution in [2.24, 2.45) is 0 Å². The highest BCUT2D eigenvalue weighted by Crippen LogP contribution is 2.28. The van der Waals surface area contributed by atoms with Gasteiger partial charge in [0.2, 0.25) is 0 Å². The van der Waals surface area contributed by atoms with Crippen LogP contribution in [0.15, 0.2) is 81.4 Å². The molecule has 1 amide bonds. The number of carbonyl (C=O) groups excluding carboxylic acids is 1. The standard InChI is InChI=1S/C24H24ClN3O5S3/c1-34-23-13-12-19(16-20(23)24(29)28-14-4-5-15-28)36(32,33)26-17-8-10-18(11-9-17)35(30,31)27-22-7-3-2-6-21(22)25/h2-3,6-13,16,26-27H,4-5,14-15H2,1H3. The molecular weight excluding hydrogens is 542 g/mol. The number of sulfonamides is 2. The van der Waals surface area contributed by atoms with Gasteiger partial charge >= 0.3 is 0 Å². The Morgan fingerprint density at radius 2 is 1.47 bits per heavy atom. The smallest absolute Gasteiger partial charge is 0.261 e. The van der Waals surface area contributed by atoms with E-state index in [9.17, 15) is 21.6 Å². The van der Waals surface area contributed by atoms with Gasteiger partial charge in [-0.05, 0) is 73.7 Å². The second-order valence-corrected chi connectivity index (χ2v) is 12.7. The molecule has 1 heterocycles. The van der Waals surface area contributed by atoms with Crippen LogP contribution in [0.1, 0.15) is 23.2 Å². The molecule has 0 saturated carbocycles. The van der Waals surface area contributed by atoms with Crippen LogP contribution in [0.3, 0.4) is 0 Å². The molecule has 0 aromatic heterocycles. The first kappa shape index (κ1) is 26.3. The van der Waals surface area contributed by atoms with Gasteiger partial charge in [0.25, 0.3) is 26.0 Å². The first-order valence-corrected chi connectivity index (χ1v) is 15.6. The van der Waals surface area contributed by atoms with E-state index in [0.29, 0.717) is 23.5 Å². The minimum atomic E-state index is -4.03. The van der Waals surface area contributed by atoms with E-state index in [4.69, 9.17) is 11.6 Å². The van der Waals surface area contributed by atoms with Crippen molar-refractivity contribution in [2.45, 2.75) is 27.5 Å². The number of nitrogens with one attached hydrogen (secondary N) is 2. The van der Waals surface area contributed by atoms with Crippen molar-refractivity contribution in [3.8, 4) is 0 Å². The third-order valence-electron chi connectivity index (χ3n) is 5.64. The normalized spacial score (nSPS) is 14.0. The topological polar surface area (TPSA) is 113 Å². The van der Waals surface area contributed by atoms with Gasteiger partial charge in [-0.2, -0.15) is 0 Å². The molecule has 1 saturated heterocycles. The van der Waals surface area contributed by atoms with E-state index in [-0.39, 0.29) is 32.1 Å². The summed E-state index contributed by atoms with van der Waals surface area (Å²) in [7, 11) is -7.97. The van der Waals surface area contributed by atoms with Crippen LogP contribution >= 0.6 is 23.4 Å². The van der Waals surface area contributed by atoms with E-state index in [1.54, 1.807) is 29.2 Å². The molecule has 1 fully saturated rings. The molecule has 0 unspecified atom stereocenters. The van der Waals surface area contributed by atoms with Crippen molar-refractivity contribution in [1.82, 2.24) is 4.90 Å². The lowest BCUT2D eigenvalue weighted by Crippen LogP contribution is -2.28. The molecule has 190 valence electrons. The van der Waals surface area contributed by atoms with Gasteiger partial charge in [-0.25, -0.2) is 16.8 Å². The van der Waals surface area contributed by atoms with Crippen molar-refractivity contribution in [2.75, 3.05) is 28.8 Å². The Hall–Kier alpha value is -2.73. The minimum Gasteiger partial charge on any atom is -0.339 e. The van der Waals surface area contributed by atoms with Crippen molar-refractivity contribution in [3.63, 3.8) is 0 Å². The Kier molecular flexibility index (Phi) is 7.84. The SMILES string of the molecule is CSc1ccc(S(=O)(=O)Nc2ccc(S(=O)(=O)Nc3ccccc3Cl)cc2)cc1C(=O)N1CCCC1. The van der Waals surface area contributed by atoms with Gasteiger partial charge in [0, 0.05) is 23.7 Å². The molecule has 36 heavy (non-hydrogen) atoms. The molecule has 12 heteroatoms. The van der Waals surface area contributed by atoms with Crippen LogP contribution in [0.25, 0.3) is 0 Å². The zero-order valence-electron chi connectivity index (χ0n) is 19.3. The first-order chi connectivity index (χ1) is 17.1. The third kappa shape index (κ3) is 5.80. The summed E-state index contributed by atoms with van der Waals surface area (Å²) in [4.78, 5) is 15.3. The van der Waals surface area contributed by atoms with E-state index in [1.165, 1.54) is 54.2 Å². The van der Waals surface area contributed by atoms with E-state index in [0.717, 1.165) is 12.8 Å². The average molecular weight is 566 g/mol. The monoisotopic (exact) mass is 565 g/mol. The summed E-state index contributed by atoms with van der Waals surface area (Å²) in [6, 6.07) is 16.2. The van der Waals surface area contributed by atoms with Crippen LogP contribution in [-0.2, 0) is 20.0 Å². The summed E-state index contributed by atoms with van der Waals surface area (Å²) in [6.45, 7) is 1.31. The van der Waals surface area contributed by atoms with Crippen LogP contribution in [0.5, 0.6) is 0 Å². The van der Waals surface area contributed by atoms with E-state index < -0.39 is 20.0 Å². The van der Waals surface area contributed by atoms with E-state index in [2.05, 4.69) is 9.44 Å². The number of thioether (sulfide) groups is 1. The maximum Gasteiger partial charge on any atom is 0.261 e. The number of hydrogen-bond acceptors (Lipinski definition) is 6. The summed E-state index contributed by atoms with van der Waals surface area (Å²) in [5, 5.41) is 0.250. The number of likely N-dealkylation sites (tertiary alicyclic amines) is 1. The lowest BCUT2D eigenvalue weighted by atomic mass is 10.2. The predicted molar refractivity (Wildman–Crippen MR) is 143 cm³/mol. The van der Waals surface area contributed by atoms with Crippen LogP contribution in [0.2, 0.25) is 5.02 Å². The molecule has 3 aromatic rings. The van der Waals surface area contributed by atoms with Crippen molar-refractivity contribution >= 4 is 60.7 Å². The zero-order valence-corrected chi connectivity index (χ0v) is 22.5. The van der Waals surface area contributed by atoms with Gasteiger partial charge in [0.15, 0.2) is 0 Å². The lowest BCUT2D eigenvalue weighted by Gasteiger charge is -2.18. The number of carbonyl (C=O) groups is 1. The number of para-hydroxylation sites is 1. The van der Waals surface area contributed by atoms with Gasteiger partial charge in [-0.3, -0.25) is 14.2 Å². The largest absolute Gasteiger partial charge is 0.339 e. The molecule has 0 aliphatic carbocycles. The molecule has 0 bridgehead atoms. The lowest BCUT2D eigenvalue weighted by molar-refractivity contribution is 0.0789. The highest BCUT2D eigenvalue weighted by atomic mass is 35.5. The number of anilines is 2. The Morgan fingerprint density at radius 1 is 0.861 bits per heavy atom. The number of nitrogens with zero attached hydrogens (tertiary/aromatic N) is 1. The second kappa shape index (κ2) is 10.7. The molecule has 1 aliphatic rings. The summed E-state index contributed by atoms with van der Waals surface area (Å²) < 4.78 is 56.4. The number of rotatable bonds is 8. The van der Waals surface area contributed by atoms with Crippen LogP contribution in [0.4, 0.5) is 11.4 Å². The average Bonchev–Trinajstić information content (AvgIpc) is 3.40. The van der Waals surface area contributed by atoms with Crippen molar-refractivity contribution in [3.05, 3.63) is 77.3 Å². The number of benzene rings is 3. The number of halogens is 1. The minimum absolute atomic E-state index is 0.0556. The first-order valence-electron chi connectivity index (χ1n) is 11.0. The molecule has 0 spiro atoms. The van der Waals surface area contributed by atoms with Gasteiger partial charge in [0.05, 0.1) is 26.1 Å². The number of amides is 1. The van der Waals surface area contributed by atoms with Crippen LogP contribution < -0.4 is 9.44 Å². The fraction of sp³-hybridized carbons (Fsp3) is 0.208. The van der Waals surface area contributed by atoms with Crippen LogP contribution in [-0.4, -0.2) is 47.0 Å². The Labute approximate surface area is 220 Å².